The highest BCUT2D eigenvalue weighted by molar-refractivity contribution is 6.32. The number of carboxylic acids is 1. The van der Waals surface area contributed by atoms with Gasteiger partial charge in [-0.1, -0.05) is 11.6 Å². The normalized spacial score (nSPS) is 11.2. The lowest BCUT2D eigenvalue weighted by Crippen LogP contribution is -2.09. The van der Waals surface area contributed by atoms with Gasteiger partial charge in [-0.3, -0.25) is 10.1 Å². The summed E-state index contributed by atoms with van der Waals surface area (Å²) in [6, 6.07) is 3.52. The molecule has 0 aliphatic heterocycles. The van der Waals surface area contributed by atoms with Gasteiger partial charge in [0.2, 0.25) is 0 Å². The van der Waals surface area contributed by atoms with Crippen LogP contribution in [-0.2, 0) is 6.18 Å². The molecule has 6 nitrogen and oxygen atoms in total. The Balaban J connectivity index is 2.52. The summed E-state index contributed by atoms with van der Waals surface area (Å²) < 4.78 is 57.1. The Kier molecular flexibility index (Phi) is 4.84. The van der Waals surface area contributed by atoms with E-state index in [4.69, 9.17) is 21.4 Å². The van der Waals surface area contributed by atoms with Crippen molar-refractivity contribution in [1.29, 1.82) is 0 Å². The van der Waals surface area contributed by atoms with Crippen molar-refractivity contribution in [2.75, 3.05) is 0 Å². The lowest BCUT2D eigenvalue weighted by molar-refractivity contribution is -0.385. The van der Waals surface area contributed by atoms with Gasteiger partial charge in [0.25, 0.3) is 5.69 Å². The Morgan fingerprint density at radius 2 is 1.88 bits per heavy atom. The zero-order valence-electron chi connectivity index (χ0n) is 11.8. The van der Waals surface area contributed by atoms with Gasteiger partial charge >= 0.3 is 12.1 Å². The monoisotopic (exact) mass is 379 g/mol. The molecule has 0 aromatic heterocycles. The Hall–Kier alpha value is -2.88. The number of carbonyl (C=O) groups is 1. The zero-order valence-corrected chi connectivity index (χ0v) is 12.6. The second-order valence-electron chi connectivity index (χ2n) is 4.58. The van der Waals surface area contributed by atoms with Crippen LogP contribution < -0.4 is 4.74 Å². The van der Waals surface area contributed by atoms with E-state index < -0.39 is 56.2 Å². The van der Waals surface area contributed by atoms with E-state index in [0.29, 0.717) is 12.1 Å². The SMILES string of the molecule is O=C(O)c1cc(Oc2c(Cl)ccc(C(F)(F)F)c2F)ccc1[N+](=O)[O-]. The third kappa shape index (κ3) is 3.79. The van der Waals surface area contributed by atoms with Crippen molar-refractivity contribution >= 4 is 23.3 Å². The van der Waals surface area contributed by atoms with E-state index in [1.165, 1.54) is 0 Å². The summed E-state index contributed by atoms with van der Waals surface area (Å²) in [5.74, 6) is -4.90. The lowest BCUT2D eigenvalue weighted by atomic mass is 10.1. The molecular weight excluding hydrogens is 374 g/mol. The predicted octanol–water partition coefficient (Wildman–Crippen LogP) is 4.90. The zero-order chi connectivity index (χ0) is 18.9. The number of hydrogen-bond donors (Lipinski definition) is 1. The minimum atomic E-state index is -5.01. The van der Waals surface area contributed by atoms with Gasteiger partial charge in [0.1, 0.15) is 11.3 Å². The molecule has 0 fully saturated rings. The Bertz CT molecular complexity index is 869. The minimum Gasteiger partial charge on any atom is -0.477 e. The van der Waals surface area contributed by atoms with Gasteiger partial charge in [-0.25, -0.2) is 9.18 Å². The third-order valence-corrected chi connectivity index (χ3v) is 3.27. The first-order chi connectivity index (χ1) is 11.5. The van der Waals surface area contributed by atoms with E-state index in [1.54, 1.807) is 0 Å². The van der Waals surface area contributed by atoms with E-state index in [1.807, 2.05) is 0 Å². The fourth-order valence-electron chi connectivity index (χ4n) is 1.87. The van der Waals surface area contributed by atoms with Crippen molar-refractivity contribution in [1.82, 2.24) is 0 Å². The van der Waals surface area contributed by atoms with Crippen LogP contribution in [0, 0.1) is 15.9 Å². The number of carboxylic acid groups (broad SMARTS) is 1. The molecule has 1 N–H and O–H groups in total. The average molecular weight is 380 g/mol. The number of aromatic carboxylic acids is 1. The van der Waals surface area contributed by atoms with Crippen molar-refractivity contribution in [3.63, 3.8) is 0 Å². The van der Waals surface area contributed by atoms with Gasteiger partial charge < -0.3 is 9.84 Å². The van der Waals surface area contributed by atoms with Gasteiger partial charge in [0.15, 0.2) is 11.6 Å². The maximum Gasteiger partial charge on any atom is 0.419 e. The van der Waals surface area contributed by atoms with Gasteiger partial charge in [0, 0.05) is 12.1 Å². The van der Waals surface area contributed by atoms with Crippen molar-refractivity contribution in [2.45, 2.75) is 6.18 Å². The molecule has 2 aromatic carbocycles. The summed E-state index contributed by atoms with van der Waals surface area (Å²) in [6.45, 7) is 0. The summed E-state index contributed by atoms with van der Waals surface area (Å²) in [5, 5.41) is 19.2. The van der Waals surface area contributed by atoms with Crippen LogP contribution in [0.2, 0.25) is 5.02 Å². The summed E-state index contributed by atoms with van der Waals surface area (Å²) in [6.07, 6.45) is -5.01. The van der Waals surface area contributed by atoms with Gasteiger partial charge in [0.05, 0.1) is 15.5 Å². The maximum atomic E-state index is 14.0. The highest BCUT2D eigenvalue weighted by atomic mass is 35.5. The number of nitro groups is 1. The van der Waals surface area contributed by atoms with Crippen LogP contribution in [0.4, 0.5) is 23.2 Å². The molecule has 0 unspecified atom stereocenters. The summed E-state index contributed by atoms with van der Waals surface area (Å²) in [4.78, 5) is 20.8. The van der Waals surface area contributed by atoms with Gasteiger partial charge in [-0.2, -0.15) is 13.2 Å². The molecule has 0 saturated carbocycles. The molecule has 132 valence electrons. The Morgan fingerprint density at radius 3 is 2.40 bits per heavy atom. The molecule has 25 heavy (non-hydrogen) atoms. The van der Waals surface area contributed by atoms with Crippen LogP contribution in [0.1, 0.15) is 15.9 Å². The number of ether oxygens (including phenoxy) is 1. The Morgan fingerprint density at radius 1 is 1.24 bits per heavy atom. The number of nitrogens with zero attached hydrogens (tertiary/aromatic N) is 1. The number of rotatable bonds is 4. The first-order valence-corrected chi connectivity index (χ1v) is 6.65. The number of hydrogen-bond acceptors (Lipinski definition) is 4. The van der Waals surface area contributed by atoms with Crippen LogP contribution in [-0.4, -0.2) is 16.0 Å². The largest absolute Gasteiger partial charge is 0.477 e. The molecule has 11 heteroatoms. The quantitative estimate of drug-likeness (QED) is 0.464. The van der Waals surface area contributed by atoms with Gasteiger partial charge in [-0.15, -0.1) is 0 Å². The molecule has 0 heterocycles. The van der Waals surface area contributed by atoms with E-state index in [0.717, 1.165) is 18.2 Å². The molecular formula is C14H6ClF4NO5. The Labute approximate surface area is 141 Å². The lowest BCUT2D eigenvalue weighted by Gasteiger charge is -2.14. The smallest absolute Gasteiger partial charge is 0.419 e. The molecule has 2 aromatic rings. The first kappa shape index (κ1) is 18.5. The number of nitro benzene ring substituents is 1. The molecule has 0 aliphatic carbocycles. The van der Waals surface area contributed by atoms with Crippen LogP contribution in [0.3, 0.4) is 0 Å². The van der Waals surface area contributed by atoms with Crippen LogP contribution >= 0.6 is 11.6 Å². The highest BCUT2D eigenvalue weighted by Gasteiger charge is 2.36. The maximum absolute atomic E-state index is 14.0. The van der Waals surface area contributed by atoms with Crippen molar-refractivity contribution in [2.24, 2.45) is 0 Å². The van der Waals surface area contributed by atoms with Crippen molar-refractivity contribution in [3.8, 4) is 11.5 Å². The summed E-state index contributed by atoms with van der Waals surface area (Å²) in [5.41, 5.74) is -3.19. The molecule has 0 aliphatic rings. The van der Waals surface area contributed by atoms with Crippen LogP contribution in [0.15, 0.2) is 30.3 Å². The molecule has 2 rings (SSSR count). The molecule has 0 spiro atoms. The fourth-order valence-corrected chi connectivity index (χ4v) is 2.06. The second kappa shape index (κ2) is 6.55. The van der Waals surface area contributed by atoms with E-state index in [2.05, 4.69) is 0 Å². The van der Waals surface area contributed by atoms with Crippen molar-refractivity contribution < 1.29 is 37.1 Å². The predicted molar refractivity (Wildman–Crippen MR) is 76.5 cm³/mol. The number of halogens is 5. The minimum absolute atomic E-state index is 0.420. The van der Waals surface area contributed by atoms with Crippen molar-refractivity contribution in [3.05, 3.63) is 62.4 Å². The fraction of sp³-hybridized carbons (Fsp3) is 0.0714. The van der Waals surface area contributed by atoms with E-state index in [9.17, 15) is 32.5 Å². The highest BCUT2D eigenvalue weighted by Crippen LogP contribution is 2.40. The van der Waals surface area contributed by atoms with E-state index in [-0.39, 0.29) is 0 Å². The molecule has 0 radical (unpaired) electrons. The molecule has 0 bridgehead atoms. The summed E-state index contributed by atoms with van der Waals surface area (Å²) >= 11 is 5.63. The second-order valence-corrected chi connectivity index (χ2v) is 4.99. The standard InChI is InChI=1S/C14H6ClF4NO5/c15-9-3-2-8(14(17,18)19)11(16)12(9)25-6-1-4-10(20(23)24)7(5-6)13(21)22/h1-5H,(H,21,22). The molecule has 0 atom stereocenters. The van der Waals surface area contributed by atoms with Crippen LogP contribution in [0.5, 0.6) is 11.5 Å². The van der Waals surface area contributed by atoms with Crippen LogP contribution in [0.25, 0.3) is 0 Å². The summed E-state index contributed by atoms with van der Waals surface area (Å²) in [7, 11) is 0. The molecule has 0 saturated heterocycles. The first-order valence-electron chi connectivity index (χ1n) is 6.27. The number of alkyl halides is 3. The average Bonchev–Trinajstić information content (AvgIpc) is 2.49. The topological polar surface area (TPSA) is 89.7 Å². The molecule has 0 amide bonds. The number of benzene rings is 2. The third-order valence-electron chi connectivity index (χ3n) is 2.97. The van der Waals surface area contributed by atoms with E-state index >= 15 is 0 Å². The van der Waals surface area contributed by atoms with Gasteiger partial charge in [-0.05, 0) is 18.2 Å².